The van der Waals surface area contributed by atoms with E-state index in [2.05, 4.69) is 42.1 Å². The minimum absolute atomic E-state index is 0.193. The Morgan fingerprint density at radius 3 is 2.40 bits per heavy atom. The number of pyridine rings is 1. The maximum Gasteiger partial charge on any atom is 0.194 e. The van der Waals surface area contributed by atoms with Gasteiger partial charge >= 0.3 is 0 Å². The maximum atomic E-state index is 13.2. The van der Waals surface area contributed by atoms with Crippen LogP contribution in [0.3, 0.4) is 0 Å². The number of aromatic nitrogens is 1. The number of benzene rings is 1. The number of nitrogens with zero attached hydrogens (tertiary/aromatic N) is 5. The van der Waals surface area contributed by atoms with E-state index in [0.29, 0.717) is 0 Å². The van der Waals surface area contributed by atoms with E-state index in [9.17, 15) is 4.39 Å². The predicted molar refractivity (Wildman–Crippen MR) is 121 cm³/mol. The molecule has 4 rings (SSSR count). The van der Waals surface area contributed by atoms with Crippen molar-refractivity contribution in [1.29, 1.82) is 0 Å². The van der Waals surface area contributed by atoms with Gasteiger partial charge in [0, 0.05) is 64.7 Å². The highest BCUT2D eigenvalue weighted by atomic mass is 19.1. The molecule has 2 aliphatic rings. The third-order valence-corrected chi connectivity index (χ3v) is 5.92. The van der Waals surface area contributed by atoms with Crippen LogP contribution in [-0.2, 0) is 6.54 Å². The van der Waals surface area contributed by atoms with E-state index in [-0.39, 0.29) is 5.82 Å². The van der Waals surface area contributed by atoms with Crippen molar-refractivity contribution in [2.24, 2.45) is 4.99 Å². The SMILES string of the molecule is CN=C(NCc1ccnc(N2CCCCC2)c1)N1CCN(c2ccc(F)cc2)CC1. The van der Waals surface area contributed by atoms with Crippen LogP contribution in [0.25, 0.3) is 0 Å². The summed E-state index contributed by atoms with van der Waals surface area (Å²) < 4.78 is 13.2. The first-order chi connectivity index (χ1) is 14.7. The van der Waals surface area contributed by atoms with E-state index in [1.165, 1.54) is 37.0 Å². The number of hydrogen-bond donors (Lipinski definition) is 1. The summed E-state index contributed by atoms with van der Waals surface area (Å²) in [5.41, 5.74) is 2.29. The number of guanidine groups is 1. The quantitative estimate of drug-likeness (QED) is 0.620. The summed E-state index contributed by atoms with van der Waals surface area (Å²) >= 11 is 0. The average molecular weight is 411 g/mol. The van der Waals surface area contributed by atoms with Gasteiger partial charge in [0.05, 0.1) is 0 Å². The second-order valence-electron chi connectivity index (χ2n) is 7.92. The van der Waals surface area contributed by atoms with Gasteiger partial charge in [-0.1, -0.05) is 0 Å². The molecule has 1 aromatic carbocycles. The molecule has 0 bridgehead atoms. The molecule has 2 saturated heterocycles. The number of piperazine rings is 1. The van der Waals surface area contributed by atoms with Gasteiger partial charge in [-0.3, -0.25) is 4.99 Å². The molecule has 1 N–H and O–H groups in total. The van der Waals surface area contributed by atoms with E-state index in [0.717, 1.165) is 63.3 Å². The van der Waals surface area contributed by atoms with Gasteiger partial charge in [-0.15, -0.1) is 0 Å². The van der Waals surface area contributed by atoms with E-state index < -0.39 is 0 Å². The first-order valence-corrected chi connectivity index (χ1v) is 10.9. The topological polar surface area (TPSA) is 47.0 Å². The van der Waals surface area contributed by atoms with Gasteiger partial charge in [0.15, 0.2) is 5.96 Å². The van der Waals surface area contributed by atoms with Crippen LogP contribution in [0, 0.1) is 5.82 Å². The molecule has 2 aliphatic heterocycles. The van der Waals surface area contributed by atoms with Crippen LogP contribution < -0.4 is 15.1 Å². The van der Waals surface area contributed by atoms with Crippen molar-refractivity contribution in [3.63, 3.8) is 0 Å². The van der Waals surface area contributed by atoms with E-state index in [4.69, 9.17) is 0 Å². The lowest BCUT2D eigenvalue weighted by atomic mass is 10.1. The fraction of sp³-hybridized carbons (Fsp3) is 0.478. The molecular formula is C23H31FN6. The summed E-state index contributed by atoms with van der Waals surface area (Å²) in [4.78, 5) is 16.0. The standard InChI is InChI=1S/C23H31FN6/c1-25-23(30-15-13-28(14-16-30)21-7-5-20(24)6-8-21)27-18-19-9-10-26-22(17-19)29-11-3-2-4-12-29/h5-10,17H,2-4,11-16,18H2,1H3,(H,25,27). The zero-order valence-corrected chi connectivity index (χ0v) is 17.7. The van der Waals surface area contributed by atoms with Gasteiger partial charge in [-0.05, 0) is 61.2 Å². The first-order valence-electron chi connectivity index (χ1n) is 10.9. The van der Waals surface area contributed by atoms with Gasteiger partial charge in [-0.2, -0.15) is 0 Å². The highest BCUT2D eigenvalue weighted by Crippen LogP contribution is 2.19. The van der Waals surface area contributed by atoms with Crippen molar-refractivity contribution >= 4 is 17.5 Å². The third-order valence-electron chi connectivity index (χ3n) is 5.92. The lowest BCUT2D eigenvalue weighted by Crippen LogP contribution is -2.52. The molecule has 160 valence electrons. The van der Waals surface area contributed by atoms with Crippen molar-refractivity contribution in [2.45, 2.75) is 25.8 Å². The number of nitrogens with one attached hydrogen (secondary N) is 1. The second-order valence-corrected chi connectivity index (χ2v) is 7.92. The van der Waals surface area contributed by atoms with Crippen molar-refractivity contribution in [2.75, 3.05) is 56.1 Å². The molecule has 2 fully saturated rings. The molecule has 1 aromatic heterocycles. The minimum Gasteiger partial charge on any atom is -0.368 e. The molecule has 6 nitrogen and oxygen atoms in total. The second kappa shape index (κ2) is 9.78. The van der Waals surface area contributed by atoms with Crippen LogP contribution in [0.15, 0.2) is 47.6 Å². The Morgan fingerprint density at radius 2 is 1.70 bits per heavy atom. The number of piperidine rings is 1. The zero-order chi connectivity index (χ0) is 20.8. The number of halogens is 1. The number of aliphatic imine (C=N–C) groups is 1. The molecule has 2 aromatic rings. The van der Waals surface area contributed by atoms with E-state index in [1.807, 2.05) is 25.4 Å². The maximum absolute atomic E-state index is 13.2. The summed E-state index contributed by atoms with van der Waals surface area (Å²) in [5.74, 6) is 1.81. The molecule has 3 heterocycles. The van der Waals surface area contributed by atoms with E-state index >= 15 is 0 Å². The van der Waals surface area contributed by atoms with Crippen molar-refractivity contribution in [3.8, 4) is 0 Å². The molecular weight excluding hydrogens is 379 g/mol. The van der Waals surface area contributed by atoms with Gasteiger partial charge < -0.3 is 20.0 Å². The fourth-order valence-corrected chi connectivity index (χ4v) is 4.21. The number of rotatable bonds is 4. The molecule has 0 atom stereocenters. The molecule has 0 radical (unpaired) electrons. The van der Waals surface area contributed by atoms with Crippen LogP contribution >= 0.6 is 0 Å². The highest BCUT2D eigenvalue weighted by molar-refractivity contribution is 5.80. The van der Waals surface area contributed by atoms with Crippen LogP contribution in [0.2, 0.25) is 0 Å². The van der Waals surface area contributed by atoms with Crippen molar-refractivity contribution in [3.05, 3.63) is 54.0 Å². The molecule has 0 unspecified atom stereocenters. The van der Waals surface area contributed by atoms with Crippen LogP contribution in [0.5, 0.6) is 0 Å². The van der Waals surface area contributed by atoms with Gasteiger partial charge in [0.2, 0.25) is 0 Å². The zero-order valence-electron chi connectivity index (χ0n) is 17.7. The summed E-state index contributed by atoms with van der Waals surface area (Å²) in [6.45, 7) is 6.47. The van der Waals surface area contributed by atoms with Gasteiger partial charge in [0.25, 0.3) is 0 Å². The van der Waals surface area contributed by atoms with Crippen LogP contribution in [-0.4, -0.2) is 62.2 Å². The first kappa shape index (κ1) is 20.4. The largest absolute Gasteiger partial charge is 0.368 e. The van der Waals surface area contributed by atoms with Gasteiger partial charge in [-0.25, -0.2) is 9.37 Å². The Labute approximate surface area is 178 Å². The lowest BCUT2D eigenvalue weighted by Gasteiger charge is -2.37. The number of anilines is 2. The predicted octanol–water partition coefficient (Wildman–Crippen LogP) is 3.11. The summed E-state index contributed by atoms with van der Waals surface area (Å²) in [6, 6.07) is 11.0. The van der Waals surface area contributed by atoms with Crippen molar-refractivity contribution in [1.82, 2.24) is 15.2 Å². The van der Waals surface area contributed by atoms with Crippen molar-refractivity contribution < 1.29 is 4.39 Å². The Kier molecular flexibility index (Phi) is 6.67. The number of hydrogen-bond acceptors (Lipinski definition) is 4. The highest BCUT2D eigenvalue weighted by Gasteiger charge is 2.20. The molecule has 30 heavy (non-hydrogen) atoms. The molecule has 0 amide bonds. The monoisotopic (exact) mass is 410 g/mol. The Hall–Kier alpha value is -2.83. The summed E-state index contributed by atoms with van der Waals surface area (Å²) in [6.07, 6.45) is 5.73. The lowest BCUT2D eigenvalue weighted by molar-refractivity contribution is 0.372. The molecule has 0 aliphatic carbocycles. The smallest absolute Gasteiger partial charge is 0.194 e. The molecule has 0 saturated carbocycles. The Bertz CT molecular complexity index is 839. The summed E-state index contributed by atoms with van der Waals surface area (Å²) in [7, 11) is 1.83. The Morgan fingerprint density at radius 1 is 0.967 bits per heavy atom. The minimum atomic E-state index is -0.193. The van der Waals surface area contributed by atoms with Gasteiger partial charge in [0.1, 0.15) is 11.6 Å². The average Bonchev–Trinajstić information content (AvgIpc) is 2.81. The third kappa shape index (κ3) is 5.01. The van der Waals surface area contributed by atoms with E-state index in [1.54, 1.807) is 0 Å². The van der Waals surface area contributed by atoms with Crippen LogP contribution in [0.1, 0.15) is 24.8 Å². The summed E-state index contributed by atoms with van der Waals surface area (Å²) in [5, 5.41) is 3.51. The normalized spacial score (nSPS) is 17.9. The molecule has 0 spiro atoms. The van der Waals surface area contributed by atoms with Crippen LogP contribution in [0.4, 0.5) is 15.9 Å². The molecule has 7 heteroatoms. The fourth-order valence-electron chi connectivity index (χ4n) is 4.21. The Balaban J connectivity index is 1.31.